The number of rotatable bonds is 8. The molecule has 0 aromatic heterocycles. The molecule has 0 fully saturated rings. The second-order valence-corrected chi connectivity index (χ2v) is 13.3. The Morgan fingerprint density at radius 1 is 0.621 bits per heavy atom. The fraction of sp³-hybridized carbons (Fsp3) is 0.263. The maximum absolute atomic E-state index is 15.1. The number of carbonyl (C=O) groups excluding carboxylic acids is 4. The van der Waals surface area contributed by atoms with Crippen LogP contribution in [-0.2, 0) is 10.8 Å². The van der Waals surface area contributed by atoms with E-state index >= 15 is 52.7 Å². The zero-order valence-corrected chi connectivity index (χ0v) is 29.6. The van der Waals surface area contributed by atoms with Crippen LogP contribution >= 0.6 is 0 Å². The Labute approximate surface area is 318 Å². The summed E-state index contributed by atoms with van der Waals surface area (Å²) in [6.45, 7) is 2.71. The number of nitrogens with one attached hydrogen (secondary N) is 1. The van der Waals surface area contributed by atoms with Crippen LogP contribution in [0.1, 0.15) is 89.0 Å². The Morgan fingerprint density at radius 2 is 1.05 bits per heavy atom. The number of anilines is 1. The number of halogens is 12. The number of aromatic hydroxyl groups is 2. The van der Waals surface area contributed by atoms with Crippen LogP contribution in [0.4, 0.5) is 58.4 Å². The van der Waals surface area contributed by atoms with E-state index in [2.05, 4.69) is 0 Å². The van der Waals surface area contributed by atoms with Crippen molar-refractivity contribution in [3.63, 3.8) is 0 Å². The minimum Gasteiger partial charge on any atom is -0.508 e. The quantitative estimate of drug-likeness (QED) is 0.0926. The molecule has 0 aliphatic carbocycles. The lowest BCUT2D eigenvalue weighted by molar-refractivity contribution is -0.290. The molecule has 1 heterocycles. The van der Waals surface area contributed by atoms with Crippen molar-refractivity contribution in [3.8, 4) is 11.5 Å². The molecule has 0 atom stereocenters. The average Bonchev–Trinajstić information content (AvgIpc) is 3.35. The van der Waals surface area contributed by atoms with Gasteiger partial charge in [-0.3, -0.25) is 19.2 Å². The second-order valence-electron chi connectivity index (χ2n) is 13.3. The summed E-state index contributed by atoms with van der Waals surface area (Å²) in [6.07, 6.45) is -25.3. The van der Waals surface area contributed by atoms with Crippen LogP contribution in [0.15, 0.2) is 72.8 Å². The number of alkyl halides is 12. The summed E-state index contributed by atoms with van der Waals surface area (Å²) >= 11 is 0. The lowest BCUT2D eigenvalue weighted by atomic mass is 9.71. The number of amides is 3. The number of phenolic OH excluding ortho intramolecular Hbond substituents is 2. The maximum Gasteiger partial charge on any atom is 0.411 e. The molecule has 58 heavy (non-hydrogen) atoms. The fourth-order valence-electron chi connectivity index (χ4n) is 7.07. The van der Waals surface area contributed by atoms with Crippen LogP contribution in [0.5, 0.6) is 11.5 Å². The van der Waals surface area contributed by atoms with Crippen molar-refractivity contribution in [1.29, 1.82) is 0 Å². The van der Waals surface area contributed by atoms with Crippen molar-refractivity contribution >= 4 is 29.7 Å². The first-order chi connectivity index (χ1) is 26.6. The monoisotopic (exact) mass is 834 g/mol. The number of carbonyl (C=O) groups is 4. The van der Waals surface area contributed by atoms with E-state index in [1.165, 1.54) is 13.8 Å². The van der Waals surface area contributed by atoms with Gasteiger partial charge in [0.05, 0.1) is 22.4 Å². The summed E-state index contributed by atoms with van der Waals surface area (Å²) in [7, 11) is 0.967. The normalized spacial score (nSPS) is 14.2. The summed E-state index contributed by atoms with van der Waals surface area (Å²) in [6, 6.07) is 3.14. The minimum atomic E-state index is -6.36. The van der Waals surface area contributed by atoms with E-state index in [1.807, 2.05) is 5.32 Å². The summed E-state index contributed by atoms with van der Waals surface area (Å²) in [5.41, 5.74) is -22.2. The number of hydrogen-bond donors (Lipinski definition) is 3. The first kappa shape index (κ1) is 43.1. The maximum atomic E-state index is 15.1. The first-order valence-electron chi connectivity index (χ1n) is 16.4. The number of fused-ring (bicyclic) bond motifs is 1. The van der Waals surface area contributed by atoms with Crippen LogP contribution in [0.2, 0.25) is 0 Å². The van der Waals surface area contributed by atoms with Crippen molar-refractivity contribution in [1.82, 2.24) is 5.32 Å². The van der Waals surface area contributed by atoms with Gasteiger partial charge in [0.25, 0.3) is 17.7 Å². The zero-order chi connectivity index (χ0) is 43.7. The number of hydrogen-bond acceptors (Lipinski definition) is 6. The molecule has 0 saturated heterocycles. The highest BCUT2D eigenvalue weighted by Crippen LogP contribution is 2.59. The van der Waals surface area contributed by atoms with Crippen molar-refractivity contribution < 1.29 is 82.1 Å². The van der Waals surface area contributed by atoms with Gasteiger partial charge >= 0.3 is 24.7 Å². The predicted octanol–water partition coefficient (Wildman–Crippen LogP) is 9.02. The van der Waals surface area contributed by atoms with Gasteiger partial charge in [-0.1, -0.05) is 50.2 Å². The van der Waals surface area contributed by atoms with Crippen molar-refractivity contribution in [2.75, 3.05) is 11.9 Å². The highest BCUT2D eigenvalue weighted by molar-refractivity contribution is 6.35. The van der Waals surface area contributed by atoms with Gasteiger partial charge in [-0.25, -0.2) is 4.90 Å². The minimum absolute atomic E-state index is 0.00966. The third-order valence-corrected chi connectivity index (χ3v) is 9.84. The molecule has 1 aliphatic rings. The number of phenols is 2. The summed E-state index contributed by atoms with van der Waals surface area (Å²) in [4.78, 5) is 51.1. The van der Waals surface area contributed by atoms with Crippen molar-refractivity contribution in [2.24, 2.45) is 0 Å². The lowest BCUT2D eigenvalue weighted by Crippen LogP contribution is -2.55. The number of imide groups is 1. The van der Waals surface area contributed by atoms with Gasteiger partial charge in [0.1, 0.15) is 11.5 Å². The van der Waals surface area contributed by atoms with Gasteiger partial charge in [-0.2, -0.15) is 52.7 Å². The third kappa shape index (κ3) is 6.28. The average molecular weight is 835 g/mol. The predicted molar refractivity (Wildman–Crippen MR) is 179 cm³/mol. The standard InChI is InChI=1S/C38H26F12N2O6/c1-17(2)24-12-21(7-10-28(24)54)34(37(45,46)47,38(48,49)50)22-8-11-29(55)27(15-22)52-31(57)23-9-6-20(14-26(23)32(52)58)33(35(39,40)41,36(42,43)44)19-5-4-18(16-53)25(13-19)30(56)51-3/h4-17,54-55H,1-3H3,(H,51,56). The molecule has 0 radical (unpaired) electrons. The van der Waals surface area contributed by atoms with Gasteiger partial charge in [0.15, 0.2) is 6.29 Å². The molecular weight excluding hydrogens is 808 g/mol. The number of nitrogens with zero attached hydrogens (tertiary/aromatic N) is 1. The molecule has 5 rings (SSSR count). The highest BCUT2D eigenvalue weighted by Gasteiger charge is 2.74. The third-order valence-electron chi connectivity index (χ3n) is 9.84. The smallest absolute Gasteiger partial charge is 0.411 e. The molecule has 0 saturated carbocycles. The molecule has 1 aliphatic heterocycles. The SMILES string of the molecule is CNC(=O)c1cc(C(c2ccc3c(c2)C(=O)N(c2cc(C(c4ccc(O)c(C(C)C)c4)(C(F)(F)F)C(F)(F)F)ccc2O)C3=O)(C(F)(F)F)C(F)(F)F)ccc1C=O. The summed E-state index contributed by atoms with van der Waals surface area (Å²) in [5, 5.41) is 22.8. The molecule has 3 N–H and O–H groups in total. The van der Waals surface area contributed by atoms with Gasteiger partial charge in [0.2, 0.25) is 10.8 Å². The molecule has 20 heteroatoms. The molecule has 4 aromatic carbocycles. The van der Waals surface area contributed by atoms with Crippen LogP contribution in [-0.4, -0.2) is 66.0 Å². The second kappa shape index (κ2) is 14.1. The van der Waals surface area contributed by atoms with Gasteiger partial charge in [-0.05, 0) is 70.1 Å². The van der Waals surface area contributed by atoms with E-state index in [4.69, 9.17) is 0 Å². The van der Waals surface area contributed by atoms with Crippen LogP contribution < -0.4 is 10.2 Å². The number of benzene rings is 4. The topological polar surface area (TPSA) is 124 Å². The fourth-order valence-corrected chi connectivity index (χ4v) is 7.07. The first-order valence-corrected chi connectivity index (χ1v) is 16.4. The van der Waals surface area contributed by atoms with Gasteiger partial charge in [0, 0.05) is 12.6 Å². The Balaban J connectivity index is 1.76. The molecule has 0 bridgehead atoms. The Bertz CT molecular complexity index is 2320. The van der Waals surface area contributed by atoms with Gasteiger partial charge < -0.3 is 15.5 Å². The van der Waals surface area contributed by atoms with Crippen LogP contribution in [0, 0.1) is 0 Å². The molecule has 4 aromatic rings. The van der Waals surface area contributed by atoms with E-state index in [0.29, 0.717) is 30.3 Å². The lowest BCUT2D eigenvalue weighted by Gasteiger charge is -2.39. The van der Waals surface area contributed by atoms with Crippen LogP contribution in [0.25, 0.3) is 0 Å². The molecule has 0 spiro atoms. The van der Waals surface area contributed by atoms with E-state index < -0.39 is 121 Å². The molecule has 3 amide bonds. The number of aldehydes is 1. The Kier molecular flexibility index (Phi) is 10.5. The van der Waals surface area contributed by atoms with E-state index in [9.17, 15) is 29.4 Å². The molecular formula is C38H26F12N2O6. The molecule has 0 unspecified atom stereocenters. The Hall–Kier alpha value is -6.08. The largest absolute Gasteiger partial charge is 0.508 e. The summed E-state index contributed by atoms with van der Waals surface area (Å²) in [5.74, 6) is -7.57. The highest BCUT2D eigenvalue weighted by atomic mass is 19.4. The van der Waals surface area contributed by atoms with E-state index in [1.54, 1.807) is 0 Å². The zero-order valence-electron chi connectivity index (χ0n) is 29.6. The molecule has 308 valence electrons. The summed E-state index contributed by atoms with van der Waals surface area (Å²) < 4.78 is 181. The van der Waals surface area contributed by atoms with Gasteiger partial charge in [-0.15, -0.1) is 0 Å². The van der Waals surface area contributed by atoms with Crippen molar-refractivity contribution in [2.45, 2.75) is 55.3 Å². The molecule has 8 nitrogen and oxygen atoms in total. The Morgan fingerprint density at radius 3 is 1.53 bits per heavy atom. The van der Waals surface area contributed by atoms with Crippen molar-refractivity contribution in [3.05, 3.63) is 123 Å². The van der Waals surface area contributed by atoms with E-state index in [0.717, 1.165) is 7.05 Å². The van der Waals surface area contributed by atoms with Crippen LogP contribution in [0.3, 0.4) is 0 Å². The van der Waals surface area contributed by atoms with E-state index in [-0.39, 0.29) is 59.2 Å².